The number of methoxy groups -OCH3 is 3. The molecule has 11 nitrogen and oxygen atoms in total. The molecule has 0 N–H and O–H groups in total. The Morgan fingerprint density at radius 1 is 0.839 bits per heavy atom. The van der Waals surface area contributed by atoms with Crippen LogP contribution in [0.4, 0.5) is 11.4 Å². The smallest absolute Gasteiger partial charge is 0.344 e. The summed E-state index contributed by atoms with van der Waals surface area (Å²) in [6, 6.07) is 8.97. The molecule has 0 saturated carbocycles. The highest BCUT2D eigenvalue weighted by atomic mass is 79.9. The molecule has 2 aromatic carbocycles. The van der Waals surface area contributed by atoms with E-state index in [0.29, 0.717) is 16.5 Å². The minimum Gasteiger partial charge on any atom is -0.465 e. The first kappa shape index (κ1) is 25.7. The van der Waals surface area contributed by atoms with Crippen molar-refractivity contribution < 1.29 is 33.6 Å². The predicted octanol–water partition coefficient (Wildman–Crippen LogP) is 3.80. The summed E-state index contributed by atoms with van der Waals surface area (Å²) in [5.41, 5.74) is 0.220. The third kappa shape index (κ3) is 6.55. The van der Waals surface area contributed by atoms with Gasteiger partial charge in [0.2, 0.25) is 0 Å². The number of benzene rings is 2. The summed E-state index contributed by atoms with van der Waals surface area (Å²) in [5, 5.41) is 22.0. The molecule has 0 aromatic heterocycles. The number of halogens is 1. The second-order valence-corrected chi connectivity index (χ2v) is 6.25. The summed E-state index contributed by atoms with van der Waals surface area (Å²) in [6.45, 7) is 0.0706. The summed E-state index contributed by atoms with van der Waals surface area (Å²) >= 11 is 3.13. The first-order chi connectivity index (χ1) is 14.7. The van der Waals surface area contributed by atoms with Gasteiger partial charge in [-0.25, -0.2) is 9.59 Å². The van der Waals surface area contributed by atoms with Crippen LogP contribution < -0.4 is 0 Å². The van der Waals surface area contributed by atoms with Crippen LogP contribution in [-0.2, 0) is 26.1 Å². The van der Waals surface area contributed by atoms with Gasteiger partial charge >= 0.3 is 11.9 Å². The topological polar surface area (TPSA) is 148 Å². The lowest BCUT2D eigenvalue weighted by atomic mass is 10.1. The first-order valence-electron chi connectivity index (χ1n) is 8.47. The summed E-state index contributed by atoms with van der Waals surface area (Å²) < 4.78 is 13.8. The van der Waals surface area contributed by atoms with Crippen LogP contribution in [0, 0.1) is 20.2 Å². The summed E-state index contributed by atoms with van der Waals surface area (Å²) in [6.07, 6.45) is 0. The Labute approximate surface area is 185 Å². The predicted molar refractivity (Wildman–Crippen MR) is 112 cm³/mol. The van der Waals surface area contributed by atoms with Crippen molar-refractivity contribution in [2.75, 3.05) is 21.3 Å². The van der Waals surface area contributed by atoms with E-state index in [0.717, 1.165) is 0 Å². The van der Waals surface area contributed by atoms with Gasteiger partial charge in [0, 0.05) is 18.0 Å². The number of alkyl halides is 1. The number of hydrogen-bond donors (Lipinski definition) is 0. The minimum atomic E-state index is -0.732. The van der Waals surface area contributed by atoms with Crippen molar-refractivity contribution in [1.29, 1.82) is 0 Å². The number of ether oxygens (including phenoxy) is 3. The van der Waals surface area contributed by atoms with Crippen LogP contribution >= 0.6 is 15.9 Å². The second-order valence-electron chi connectivity index (χ2n) is 5.69. The second kappa shape index (κ2) is 12.3. The molecule has 0 fully saturated rings. The molecule has 0 radical (unpaired) electrons. The fourth-order valence-electron chi connectivity index (χ4n) is 2.54. The normalized spacial score (nSPS) is 9.81. The van der Waals surface area contributed by atoms with Crippen molar-refractivity contribution in [2.24, 2.45) is 0 Å². The molecule has 0 unspecified atom stereocenters. The molecule has 0 heterocycles. The van der Waals surface area contributed by atoms with E-state index < -0.39 is 21.8 Å². The molecule has 2 rings (SSSR count). The van der Waals surface area contributed by atoms with E-state index in [-0.39, 0.29) is 29.1 Å². The van der Waals surface area contributed by atoms with Gasteiger partial charge in [-0.05, 0) is 18.2 Å². The first-order valence-corrected chi connectivity index (χ1v) is 9.59. The molecular weight excluding hydrogens is 480 g/mol. The zero-order valence-electron chi connectivity index (χ0n) is 16.8. The standard InChI is InChI=1S/C10H11NO5.C9H8BrNO4/c1-15-6-7-4-3-5-8(10(12)16-2)9(7)11(13)14;1-15-9(12)7-4-2-3-6(5-10)8(7)11(13)14/h3-5H,6H2,1-2H3;2-4H,5H2,1H3. The van der Waals surface area contributed by atoms with Crippen LogP contribution in [0.15, 0.2) is 36.4 Å². The monoisotopic (exact) mass is 498 g/mol. The maximum absolute atomic E-state index is 11.3. The number of carbonyl (C=O) groups excluding carboxylic acids is 2. The van der Waals surface area contributed by atoms with Crippen LogP contribution in [-0.4, -0.2) is 43.1 Å². The van der Waals surface area contributed by atoms with Gasteiger partial charge in [-0.2, -0.15) is 0 Å². The van der Waals surface area contributed by atoms with Crippen LogP contribution in [0.5, 0.6) is 0 Å². The van der Waals surface area contributed by atoms with Crippen LogP contribution in [0.3, 0.4) is 0 Å². The minimum absolute atomic E-state index is 0.0283. The zero-order chi connectivity index (χ0) is 23.6. The SMILES string of the molecule is COC(=O)c1cccc(CBr)c1[N+](=O)[O-].COCc1cccc(C(=O)OC)c1[N+](=O)[O-]. The highest BCUT2D eigenvalue weighted by Gasteiger charge is 2.25. The van der Waals surface area contributed by atoms with Crippen molar-refractivity contribution in [2.45, 2.75) is 11.9 Å². The molecule has 0 aliphatic rings. The third-order valence-corrected chi connectivity index (χ3v) is 4.46. The van der Waals surface area contributed by atoms with Crippen LogP contribution in [0.2, 0.25) is 0 Å². The number of nitro groups is 2. The van der Waals surface area contributed by atoms with E-state index in [9.17, 15) is 29.8 Å². The molecule has 0 bridgehead atoms. The van der Waals surface area contributed by atoms with E-state index in [4.69, 9.17) is 4.74 Å². The number of carbonyl (C=O) groups is 2. The van der Waals surface area contributed by atoms with Crippen molar-refractivity contribution >= 4 is 39.2 Å². The highest BCUT2D eigenvalue weighted by molar-refractivity contribution is 9.08. The number of nitrogens with zero attached hydrogens (tertiary/aromatic N) is 2. The summed E-state index contributed by atoms with van der Waals surface area (Å²) in [4.78, 5) is 43.1. The Morgan fingerprint density at radius 2 is 1.26 bits per heavy atom. The molecule has 0 atom stereocenters. The van der Waals surface area contributed by atoms with Gasteiger partial charge in [-0.1, -0.05) is 34.1 Å². The maximum Gasteiger partial charge on any atom is 0.344 e. The molecular formula is C19H19BrN2O9. The number of para-hydroxylation sites is 2. The van der Waals surface area contributed by atoms with Gasteiger partial charge < -0.3 is 14.2 Å². The van der Waals surface area contributed by atoms with Gasteiger partial charge in [0.05, 0.1) is 36.2 Å². The average molecular weight is 499 g/mol. The number of hydrogen-bond acceptors (Lipinski definition) is 9. The van der Waals surface area contributed by atoms with Crippen molar-refractivity contribution in [3.8, 4) is 0 Å². The number of esters is 2. The lowest BCUT2D eigenvalue weighted by molar-refractivity contribution is -0.386. The largest absolute Gasteiger partial charge is 0.465 e. The van der Waals surface area contributed by atoms with Gasteiger partial charge in [-0.15, -0.1) is 0 Å². The summed E-state index contributed by atoms with van der Waals surface area (Å²) in [5.74, 6) is -1.44. The van der Waals surface area contributed by atoms with Gasteiger partial charge in [0.1, 0.15) is 11.1 Å². The molecule has 31 heavy (non-hydrogen) atoms. The fraction of sp³-hybridized carbons (Fsp3) is 0.263. The molecule has 166 valence electrons. The molecule has 0 spiro atoms. The van der Waals surface area contributed by atoms with Gasteiger partial charge in [0.25, 0.3) is 11.4 Å². The molecule has 0 saturated heterocycles. The Morgan fingerprint density at radius 3 is 1.61 bits per heavy atom. The Hall–Kier alpha value is -3.38. The van der Waals surface area contributed by atoms with Crippen LogP contribution in [0.1, 0.15) is 31.8 Å². The van der Waals surface area contributed by atoms with Gasteiger partial charge in [0.15, 0.2) is 0 Å². The molecule has 2 aromatic rings. The third-order valence-electron chi connectivity index (χ3n) is 3.86. The van der Waals surface area contributed by atoms with E-state index in [1.54, 1.807) is 18.2 Å². The van der Waals surface area contributed by atoms with E-state index >= 15 is 0 Å². The maximum atomic E-state index is 11.3. The Bertz CT molecular complexity index is 979. The molecule has 0 amide bonds. The quantitative estimate of drug-likeness (QED) is 0.240. The summed E-state index contributed by atoms with van der Waals surface area (Å²) in [7, 11) is 3.79. The van der Waals surface area contributed by atoms with Gasteiger partial charge in [-0.3, -0.25) is 20.2 Å². The lowest BCUT2D eigenvalue weighted by Gasteiger charge is -2.05. The molecule has 0 aliphatic carbocycles. The lowest BCUT2D eigenvalue weighted by Crippen LogP contribution is -2.08. The van der Waals surface area contributed by atoms with Crippen molar-refractivity contribution in [1.82, 2.24) is 0 Å². The Kier molecular flexibility index (Phi) is 10.2. The van der Waals surface area contributed by atoms with E-state index in [2.05, 4.69) is 25.4 Å². The van der Waals surface area contributed by atoms with E-state index in [1.807, 2.05) is 0 Å². The molecule has 12 heteroatoms. The Balaban J connectivity index is 0.000000311. The van der Waals surface area contributed by atoms with E-state index in [1.165, 1.54) is 39.5 Å². The average Bonchev–Trinajstić information content (AvgIpc) is 2.77. The highest BCUT2D eigenvalue weighted by Crippen LogP contribution is 2.26. The fourth-order valence-corrected chi connectivity index (χ4v) is 3.00. The molecule has 0 aliphatic heterocycles. The number of rotatable bonds is 7. The van der Waals surface area contributed by atoms with Crippen LogP contribution in [0.25, 0.3) is 0 Å². The van der Waals surface area contributed by atoms with Crippen molar-refractivity contribution in [3.63, 3.8) is 0 Å². The zero-order valence-corrected chi connectivity index (χ0v) is 18.4. The van der Waals surface area contributed by atoms with Crippen molar-refractivity contribution in [3.05, 3.63) is 78.9 Å². The number of nitro benzene ring substituents is 2.